The van der Waals surface area contributed by atoms with Gasteiger partial charge in [-0.05, 0) is 51.1 Å². The van der Waals surface area contributed by atoms with Crippen molar-refractivity contribution in [3.63, 3.8) is 0 Å². The van der Waals surface area contributed by atoms with Gasteiger partial charge in [0, 0.05) is 17.3 Å². The fourth-order valence-electron chi connectivity index (χ4n) is 2.30. The van der Waals surface area contributed by atoms with Crippen molar-refractivity contribution >= 4 is 23.2 Å². The highest BCUT2D eigenvalue weighted by Gasteiger charge is 2.23. The number of anilines is 1. The Kier molecular flexibility index (Phi) is 4.25. The van der Waals surface area contributed by atoms with Crippen molar-refractivity contribution < 1.29 is 4.79 Å². The molecule has 0 spiro atoms. The lowest BCUT2D eigenvalue weighted by Gasteiger charge is -2.28. The standard InChI is InChI=1S/C14H19ClN2O/c1-10-5-6-12(8-13(10)15)16-14(18)11-4-3-7-17(2)9-11/h5-6,8,11H,3-4,7,9H2,1-2H3,(H,16,18)/t11-/m0/s1. The third-order valence-electron chi connectivity index (χ3n) is 3.43. The number of nitrogens with zero attached hydrogens (tertiary/aromatic N) is 1. The van der Waals surface area contributed by atoms with Crippen LogP contribution in [-0.4, -0.2) is 30.9 Å². The van der Waals surface area contributed by atoms with Crippen LogP contribution in [0, 0.1) is 12.8 Å². The molecule has 0 bridgehead atoms. The Bertz CT molecular complexity index is 447. The summed E-state index contributed by atoms with van der Waals surface area (Å²) in [6, 6.07) is 5.62. The Balaban J connectivity index is 2.00. The number of carbonyl (C=O) groups excluding carboxylic acids is 1. The van der Waals surface area contributed by atoms with Crippen LogP contribution in [0.3, 0.4) is 0 Å². The van der Waals surface area contributed by atoms with E-state index in [1.165, 1.54) is 0 Å². The molecule has 1 atom stereocenters. The third kappa shape index (κ3) is 3.24. The molecular weight excluding hydrogens is 248 g/mol. The van der Waals surface area contributed by atoms with Crippen molar-refractivity contribution in [3.05, 3.63) is 28.8 Å². The van der Waals surface area contributed by atoms with E-state index in [0.717, 1.165) is 37.2 Å². The zero-order valence-corrected chi connectivity index (χ0v) is 11.6. The van der Waals surface area contributed by atoms with Gasteiger partial charge in [0.1, 0.15) is 0 Å². The summed E-state index contributed by atoms with van der Waals surface area (Å²) in [7, 11) is 2.06. The minimum Gasteiger partial charge on any atom is -0.326 e. The maximum Gasteiger partial charge on any atom is 0.228 e. The summed E-state index contributed by atoms with van der Waals surface area (Å²) in [4.78, 5) is 14.3. The molecule has 1 aromatic carbocycles. The van der Waals surface area contributed by atoms with E-state index in [1.807, 2.05) is 19.1 Å². The van der Waals surface area contributed by atoms with Crippen LogP contribution in [0.4, 0.5) is 5.69 Å². The fraction of sp³-hybridized carbons (Fsp3) is 0.500. The summed E-state index contributed by atoms with van der Waals surface area (Å²) in [5, 5.41) is 3.64. The van der Waals surface area contributed by atoms with E-state index in [0.29, 0.717) is 5.02 Å². The molecule has 4 heteroatoms. The lowest BCUT2D eigenvalue weighted by atomic mass is 9.97. The van der Waals surface area contributed by atoms with Crippen molar-refractivity contribution in [2.24, 2.45) is 5.92 Å². The number of hydrogen-bond acceptors (Lipinski definition) is 2. The topological polar surface area (TPSA) is 32.3 Å². The number of halogens is 1. The predicted octanol–water partition coefficient (Wildman–Crippen LogP) is 2.93. The van der Waals surface area contributed by atoms with Crippen molar-refractivity contribution in [1.82, 2.24) is 4.90 Å². The molecule has 0 radical (unpaired) electrons. The number of piperidine rings is 1. The average Bonchev–Trinajstić information content (AvgIpc) is 2.34. The molecule has 0 unspecified atom stereocenters. The fourth-order valence-corrected chi connectivity index (χ4v) is 2.48. The van der Waals surface area contributed by atoms with Crippen LogP contribution in [0.1, 0.15) is 18.4 Å². The number of carbonyl (C=O) groups is 1. The van der Waals surface area contributed by atoms with Gasteiger partial charge in [-0.15, -0.1) is 0 Å². The quantitative estimate of drug-likeness (QED) is 0.893. The van der Waals surface area contributed by atoms with Gasteiger partial charge in [-0.3, -0.25) is 4.79 Å². The Morgan fingerprint density at radius 2 is 2.28 bits per heavy atom. The molecule has 2 rings (SSSR count). The predicted molar refractivity (Wildman–Crippen MR) is 75.0 cm³/mol. The van der Waals surface area contributed by atoms with Crippen LogP contribution in [0.5, 0.6) is 0 Å². The second-order valence-corrected chi connectivity index (χ2v) is 5.46. The highest BCUT2D eigenvalue weighted by Crippen LogP contribution is 2.22. The van der Waals surface area contributed by atoms with Crippen molar-refractivity contribution in [3.8, 4) is 0 Å². The number of aryl methyl sites for hydroxylation is 1. The molecular formula is C14H19ClN2O. The van der Waals surface area contributed by atoms with Crippen LogP contribution in [-0.2, 0) is 4.79 Å². The number of hydrogen-bond donors (Lipinski definition) is 1. The summed E-state index contributed by atoms with van der Waals surface area (Å²) >= 11 is 6.05. The summed E-state index contributed by atoms with van der Waals surface area (Å²) in [6.07, 6.45) is 2.05. The molecule has 1 N–H and O–H groups in total. The second kappa shape index (κ2) is 5.72. The maximum atomic E-state index is 12.1. The van der Waals surface area contributed by atoms with Crippen LogP contribution in [0.2, 0.25) is 5.02 Å². The van der Waals surface area contributed by atoms with Gasteiger partial charge in [0.15, 0.2) is 0 Å². The number of rotatable bonds is 2. The summed E-state index contributed by atoms with van der Waals surface area (Å²) in [5.41, 5.74) is 1.80. The number of nitrogens with one attached hydrogen (secondary N) is 1. The van der Waals surface area contributed by atoms with Crippen LogP contribution < -0.4 is 5.32 Å². The van der Waals surface area contributed by atoms with E-state index in [2.05, 4.69) is 17.3 Å². The van der Waals surface area contributed by atoms with E-state index in [1.54, 1.807) is 6.07 Å². The highest BCUT2D eigenvalue weighted by atomic mass is 35.5. The smallest absolute Gasteiger partial charge is 0.228 e. The van der Waals surface area contributed by atoms with Gasteiger partial charge < -0.3 is 10.2 Å². The SMILES string of the molecule is Cc1ccc(NC(=O)[C@H]2CCCN(C)C2)cc1Cl. The van der Waals surface area contributed by atoms with E-state index < -0.39 is 0 Å². The molecule has 1 aromatic rings. The summed E-state index contributed by atoms with van der Waals surface area (Å²) in [5.74, 6) is 0.185. The molecule has 98 valence electrons. The summed E-state index contributed by atoms with van der Waals surface area (Å²) in [6.45, 7) is 3.87. The van der Waals surface area contributed by atoms with E-state index in [9.17, 15) is 4.79 Å². The molecule has 0 aromatic heterocycles. The second-order valence-electron chi connectivity index (χ2n) is 5.05. The van der Waals surface area contributed by atoms with E-state index >= 15 is 0 Å². The molecule has 1 aliphatic heterocycles. The molecule has 3 nitrogen and oxygen atoms in total. The molecule has 0 aliphatic carbocycles. The van der Waals surface area contributed by atoms with Gasteiger partial charge in [0.2, 0.25) is 5.91 Å². The number of likely N-dealkylation sites (tertiary alicyclic amines) is 1. The van der Waals surface area contributed by atoms with Gasteiger partial charge in [0.05, 0.1) is 5.92 Å². The van der Waals surface area contributed by atoms with Crippen LogP contribution >= 0.6 is 11.6 Å². The van der Waals surface area contributed by atoms with Crippen molar-refractivity contribution in [2.75, 3.05) is 25.5 Å². The Morgan fingerprint density at radius 1 is 1.50 bits per heavy atom. The molecule has 1 amide bonds. The highest BCUT2D eigenvalue weighted by molar-refractivity contribution is 6.31. The minimum absolute atomic E-state index is 0.0869. The molecule has 18 heavy (non-hydrogen) atoms. The Hall–Kier alpha value is -1.06. The number of benzene rings is 1. The zero-order valence-electron chi connectivity index (χ0n) is 10.9. The first-order valence-corrected chi connectivity index (χ1v) is 6.69. The molecule has 1 saturated heterocycles. The van der Waals surface area contributed by atoms with Gasteiger partial charge >= 0.3 is 0 Å². The first-order valence-electron chi connectivity index (χ1n) is 6.32. The maximum absolute atomic E-state index is 12.1. The minimum atomic E-state index is 0.0869. The van der Waals surface area contributed by atoms with Gasteiger partial charge in [-0.1, -0.05) is 17.7 Å². The Labute approximate surface area is 113 Å². The zero-order chi connectivity index (χ0) is 13.1. The van der Waals surface area contributed by atoms with Crippen molar-refractivity contribution in [2.45, 2.75) is 19.8 Å². The molecule has 1 heterocycles. The molecule has 0 saturated carbocycles. The van der Waals surface area contributed by atoms with Crippen LogP contribution in [0.25, 0.3) is 0 Å². The lowest BCUT2D eigenvalue weighted by Crippen LogP contribution is -2.38. The average molecular weight is 267 g/mol. The summed E-state index contributed by atoms with van der Waals surface area (Å²) < 4.78 is 0. The van der Waals surface area contributed by atoms with Gasteiger partial charge in [0.25, 0.3) is 0 Å². The first-order chi connectivity index (χ1) is 8.56. The Morgan fingerprint density at radius 3 is 2.94 bits per heavy atom. The van der Waals surface area contributed by atoms with E-state index in [4.69, 9.17) is 11.6 Å². The van der Waals surface area contributed by atoms with Crippen LogP contribution in [0.15, 0.2) is 18.2 Å². The lowest BCUT2D eigenvalue weighted by molar-refractivity contribution is -0.121. The van der Waals surface area contributed by atoms with Gasteiger partial charge in [-0.2, -0.15) is 0 Å². The monoisotopic (exact) mass is 266 g/mol. The van der Waals surface area contributed by atoms with E-state index in [-0.39, 0.29) is 11.8 Å². The van der Waals surface area contributed by atoms with Crippen molar-refractivity contribution in [1.29, 1.82) is 0 Å². The number of amides is 1. The molecule has 1 fully saturated rings. The first kappa shape index (κ1) is 13.4. The third-order valence-corrected chi connectivity index (χ3v) is 3.84. The largest absolute Gasteiger partial charge is 0.326 e. The van der Waals surface area contributed by atoms with Gasteiger partial charge in [-0.25, -0.2) is 0 Å². The normalized spacial score (nSPS) is 20.7. The molecule has 1 aliphatic rings.